The van der Waals surface area contributed by atoms with E-state index in [9.17, 15) is 4.79 Å². The molecule has 0 aromatic heterocycles. The summed E-state index contributed by atoms with van der Waals surface area (Å²) < 4.78 is 0. The van der Waals surface area contributed by atoms with Crippen molar-refractivity contribution in [1.82, 2.24) is 20.4 Å². The number of hydrogen-bond donors (Lipinski definition) is 2. The minimum atomic E-state index is 0.324. The molecule has 138 valence electrons. The minimum absolute atomic E-state index is 0.324. The lowest BCUT2D eigenvalue weighted by Gasteiger charge is -2.27. The van der Waals surface area contributed by atoms with Gasteiger partial charge in [-0.3, -0.25) is 14.7 Å². The van der Waals surface area contributed by atoms with Gasteiger partial charge in [0.2, 0.25) is 5.91 Å². The van der Waals surface area contributed by atoms with E-state index in [1.165, 1.54) is 19.4 Å². The third-order valence-electron chi connectivity index (χ3n) is 5.43. The third kappa shape index (κ3) is 5.10. The first-order valence-electron chi connectivity index (χ1n) is 9.67. The fraction of sp³-hybridized carbons (Fsp3) is 0.889. The van der Waals surface area contributed by atoms with E-state index in [4.69, 9.17) is 0 Å². The molecule has 2 saturated heterocycles. The molecule has 0 aliphatic carbocycles. The van der Waals surface area contributed by atoms with Gasteiger partial charge in [0.1, 0.15) is 0 Å². The van der Waals surface area contributed by atoms with Gasteiger partial charge < -0.3 is 15.5 Å². The Balaban J connectivity index is 1.70. The molecule has 2 heterocycles. The standard InChI is InChI=1S/C18H35N5O/c1-4-15(23-13-7-9-17(23)24)10-11-20-18(19-3)21-14-16-8-6-12-22(16)5-2/h15-16H,4-14H2,1-3H3,(H2,19,20,21). The van der Waals surface area contributed by atoms with E-state index in [1.807, 2.05) is 7.05 Å². The SMILES string of the molecule is CCC(CCNC(=NC)NCC1CCCN1CC)N1CCCC1=O. The summed E-state index contributed by atoms with van der Waals surface area (Å²) >= 11 is 0. The molecule has 0 spiro atoms. The van der Waals surface area contributed by atoms with Gasteiger partial charge in [0.15, 0.2) is 5.96 Å². The highest BCUT2D eigenvalue weighted by Crippen LogP contribution is 2.18. The summed E-state index contributed by atoms with van der Waals surface area (Å²) in [4.78, 5) is 20.8. The monoisotopic (exact) mass is 337 g/mol. The number of aliphatic imine (C=N–C) groups is 1. The number of guanidine groups is 1. The number of likely N-dealkylation sites (N-methyl/N-ethyl adjacent to an activating group) is 1. The maximum atomic E-state index is 11.9. The lowest BCUT2D eigenvalue weighted by atomic mass is 10.1. The first kappa shape index (κ1) is 19.0. The Morgan fingerprint density at radius 2 is 2.12 bits per heavy atom. The van der Waals surface area contributed by atoms with Gasteiger partial charge in [-0.25, -0.2) is 0 Å². The molecule has 2 unspecified atom stereocenters. The van der Waals surface area contributed by atoms with Gasteiger partial charge in [0, 0.05) is 45.2 Å². The fourth-order valence-corrected chi connectivity index (χ4v) is 3.97. The van der Waals surface area contributed by atoms with Crippen LogP contribution >= 0.6 is 0 Å². The van der Waals surface area contributed by atoms with Crippen LogP contribution in [0.2, 0.25) is 0 Å². The number of nitrogens with zero attached hydrogens (tertiary/aromatic N) is 3. The third-order valence-corrected chi connectivity index (χ3v) is 5.43. The predicted octanol–water partition coefficient (Wildman–Crippen LogP) is 1.43. The van der Waals surface area contributed by atoms with E-state index >= 15 is 0 Å². The number of likely N-dealkylation sites (tertiary alicyclic amines) is 2. The summed E-state index contributed by atoms with van der Waals surface area (Å²) in [5, 5.41) is 6.87. The van der Waals surface area contributed by atoms with Gasteiger partial charge in [0.05, 0.1) is 0 Å². The maximum Gasteiger partial charge on any atom is 0.222 e. The minimum Gasteiger partial charge on any atom is -0.356 e. The highest BCUT2D eigenvalue weighted by molar-refractivity contribution is 5.80. The summed E-state index contributed by atoms with van der Waals surface area (Å²) in [5.41, 5.74) is 0. The molecule has 6 nitrogen and oxygen atoms in total. The van der Waals surface area contributed by atoms with Gasteiger partial charge >= 0.3 is 0 Å². The van der Waals surface area contributed by atoms with Crippen molar-refractivity contribution in [1.29, 1.82) is 0 Å². The second-order valence-electron chi connectivity index (χ2n) is 6.85. The van der Waals surface area contributed by atoms with Crippen molar-refractivity contribution in [3.63, 3.8) is 0 Å². The van der Waals surface area contributed by atoms with Crippen molar-refractivity contribution in [2.24, 2.45) is 4.99 Å². The van der Waals surface area contributed by atoms with E-state index < -0.39 is 0 Å². The van der Waals surface area contributed by atoms with Gasteiger partial charge in [-0.1, -0.05) is 13.8 Å². The van der Waals surface area contributed by atoms with E-state index in [2.05, 4.69) is 39.3 Å². The molecule has 6 heteroatoms. The smallest absolute Gasteiger partial charge is 0.222 e. The van der Waals surface area contributed by atoms with Crippen LogP contribution < -0.4 is 10.6 Å². The highest BCUT2D eigenvalue weighted by Gasteiger charge is 2.26. The predicted molar refractivity (Wildman–Crippen MR) is 99.3 cm³/mol. The topological polar surface area (TPSA) is 60.0 Å². The van der Waals surface area contributed by atoms with Crippen molar-refractivity contribution < 1.29 is 4.79 Å². The van der Waals surface area contributed by atoms with Crippen LogP contribution in [0.25, 0.3) is 0 Å². The van der Waals surface area contributed by atoms with Crippen LogP contribution in [-0.4, -0.2) is 73.5 Å². The number of rotatable bonds is 8. The van der Waals surface area contributed by atoms with Gasteiger partial charge in [0.25, 0.3) is 0 Å². The zero-order valence-corrected chi connectivity index (χ0v) is 15.7. The average molecular weight is 338 g/mol. The van der Waals surface area contributed by atoms with Gasteiger partial charge in [-0.2, -0.15) is 0 Å². The molecule has 1 amide bonds. The van der Waals surface area contributed by atoms with Crippen LogP contribution in [0.4, 0.5) is 0 Å². The van der Waals surface area contributed by atoms with Crippen molar-refractivity contribution in [3.05, 3.63) is 0 Å². The van der Waals surface area contributed by atoms with Crippen molar-refractivity contribution in [2.45, 2.75) is 64.5 Å². The molecule has 0 aromatic rings. The van der Waals surface area contributed by atoms with Crippen LogP contribution in [-0.2, 0) is 4.79 Å². The molecule has 2 N–H and O–H groups in total. The summed E-state index contributed by atoms with van der Waals surface area (Å²) in [6, 6.07) is 0.982. The Kier molecular flexibility index (Phi) is 7.82. The molecule has 0 bridgehead atoms. The summed E-state index contributed by atoms with van der Waals surface area (Å²) in [7, 11) is 1.82. The molecule has 2 rings (SSSR count). The second kappa shape index (κ2) is 9.87. The van der Waals surface area contributed by atoms with Crippen molar-refractivity contribution in [3.8, 4) is 0 Å². The lowest BCUT2D eigenvalue weighted by Crippen LogP contribution is -2.46. The Hall–Kier alpha value is -1.30. The zero-order valence-electron chi connectivity index (χ0n) is 15.7. The number of nitrogens with one attached hydrogen (secondary N) is 2. The Bertz CT molecular complexity index is 426. The molecule has 24 heavy (non-hydrogen) atoms. The second-order valence-corrected chi connectivity index (χ2v) is 6.85. The molecule has 2 aliphatic heterocycles. The molecule has 0 saturated carbocycles. The molecule has 0 radical (unpaired) electrons. The van der Waals surface area contributed by atoms with E-state index in [0.717, 1.165) is 57.8 Å². The maximum absolute atomic E-state index is 11.9. The van der Waals surface area contributed by atoms with Crippen LogP contribution in [0.3, 0.4) is 0 Å². The number of hydrogen-bond acceptors (Lipinski definition) is 3. The van der Waals surface area contributed by atoms with Gasteiger partial charge in [-0.15, -0.1) is 0 Å². The lowest BCUT2D eigenvalue weighted by molar-refractivity contribution is -0.129. The van der Waals surface area contributed by atoms with Crippen LogP contribution in [0.1, 0.15) is 52.4 Å². The largest absolute Gasteiger partial charge is 0.356 e. The zero-order chi connectivity index (χ0) is 17.4. The molecule has 2 aliphatic rings. The van der Waals surface area contributed by atoms with Crippen LogP contribution in [0.5, 0.6) is 0 Å². The van der Waals surface area contributed by atoms with E-state index in [-0.39, 0.29) is 0 Å². The molecule has 0 aromatic carbocycles. The molecular weight excluding hydrogens is 302 g/mol. The Labute approximate surface area is 147 Å². The van der Waals surface area contributed by atoms with Crippen LogP contribution in [0.15, 0.2) is 4.99 Å². The van der Waals surface area contributed by atoms with Crippen molar-refractivity contribution >= 4 is 11.9 Å². The van der Waals surface area contributed by atoms with Gasteiger partial charge in [-0.05, 0) is 45.2 Å². The van der Waals surface area contributed by atoms with E-state index in [0.29, 0.717) is 18.0 Å². The van der Waals surface area contributed by atoms with Crippen LogP contribution in [0, 0.1) is 0 Å². The first-order valence-corrected chi connectivity index (χ1v) is 9.67. The fourth-order valence-electron chi connectivity index (χ4n) is 3.97. The number of carbonyl (C=O) groups is 1. The average Bonchev–Trinajstić information content (AvgIpc) is 3.23. The summed E-state index contributed by atoms with van der Waals surface area (Å²) in [6.45, 7) is 9.48. The highest BCUT2D eigenvalue weighted by atomic mass is 16.2. The quantitative estimate of drug-likeness (QED) is 0.520. The number of amides is 1. The molecule has 2 fully saturated rings. The number of carbonyl (C=O) groups excluding carboxylic acids is 1. The summed E-state index contributed by atoms with van der Waals surface area (Å²) in [6.07, 6.45) is 6.31. The van der Waals surface area contributed by atoms with E-state index in [1.54, 1.807) is 0 Å². The normalized spacial score (nSPS) is 23.8. The first-order chi connectivity index (χ1) is 11.7. The Morgan fingerprint density at radius 1 is 1.29 bits per heavy atom. The van der Waals surface area contributed by atoms with Crippen molar-refractivity contribution in [2.75, 3.05) is 39.8 Å². The Morgan fingerprint density at radius 3 is 2.75 bits per heavy atom. The summed E-state index contributed by atoms with van der Waals surface area (Å²) in [5.74, 6) is 1.20. The molecular formula is C18H35N5O. The molecule has 2 atom stereocenters.